The van der Waals surface area contributed by atoms with Crippen molar-refractivity contribution < 1.29 is 14.3 Å². The van der Waals surface area contributed by atoms with Crippen molar-refractivity contribution in [1.29, 1.82) is 0 Å². The summed E-state index contributed by atoms with van der Waals surface area (Å²) in [5.41, 5.74) is 0. The van der Waals surface area contributed by atoms with Gasteiger partial charge in [0.15, 0.2) is 11.7 Å². The smallest absolute Gasteiger partial charge is 0.243 e. The van der Waals surface area contributed by atoms with Crippen LogP contribution >= 0.6 is 24.0 Å². The van der Waals surface area contributed by atoms with E-state index in [2.05, 4.69) is 22.5 Å². The summed E-state index contributed by atoms with van der Waals surface area (Å²) in [6.45, 7) is 7.01. The quantitative estimate of drug-likeness (QED) is 0.256. The van der Waals surface area contributed by atoms with E-state index in [0.29, 0.717) is 25.7 Å². The van der Waals surface area contributed by atoms with Crippen LogP contribution in [0.4, 0.5) is 0 Å². The molecule has 1 saturated heterocycles. The lowest BCUT2D eigenvalue weighted by atomic mass is 10.2. The molecule has 1 aliphatic heterocycles. The lowest BCUT2D eigenvalue weighted by Gasteiger charge is -2.23. The van der Waals surface area contributed by atoms with E-state index in [1.54, 1.807) is 14.1 Å². The van der Waals surface area contributed by atoms with E-state index in [9.17, 15) is 4.79 Å². The molecule has 0 saturated carbocycles. The monoisotopic (exact) mass is 442 g/mol. The number of nitrogens with zero attached hydrogens (tertiary/aromatic N) is 2. The molecule has 0 spiro atoms. The highest BCUT2D eigenvalue weighted by Gasteiger charge is 2.30. The van der Waals surface area contributed by atoms with Gasteiger partial charge in [0, 0.05) is 33.6 Å². The summed E-state index contributed by atoms with van der Waals surface area (Å²) in [6, 6.07) is 0. The van der Waals surface area contributed by atoms with Crippen molar-refractivity contribution >= 4 is 35.8 Å². The summed E-state index contributed by atoms with van der Waals surface area (Å²) in [4.78, 5) is 17.5. The maximum Gasteiger partial charge on any atom is 0.243 e. The molecule has 1 heterocycles. The minimum absolute atomic E-state index is 0. The Bertz CT molecular complexity index is 372. The molecule has 1 aliphatic rings. The molecule has 0 unspecified atom stereocenters. The average molecular weight is 442 g/mol. The predicted molar refractivity (Wildman–Crippen MR) is 102 cm³/mol. The molecule has 136 valence electrons. The van der Waals surface area contributed by atoms with Crippen LogP contribution in [0.3, 0.4) is 0 Å². The maximum atomic E-state index is 11.6. The summed E-state index contributed by atoms with van der Waals surface area (Å²) in [5, 5.41) is 6.47. The van der Waals surface area contributed by atoms with E-state index in [1.165, 1.54) is 4.90 Å². The second-order valence-corrected chi connectivity index (χ2v) is 5.74. The molecule has 0 aromatic carbocycles. The summed E-state index contributed by atoms with van der Waals surface area (Å²) in [7, 11) is 3.45. The number of carbonyl (C=O) groups excluding carboxylic acids is 1. The molecule has 0 atom stereocenters. The van der Waals surface area contributed by atoms with Crippen LogP contribution in [0.5, 0.6) is 0 Å². The van der Waals surface area contributed by atoms with Gasteiger partial charge in [-0.15, -0.1) is 24.0 Å². The number of unbranched alkanes of at least 4 members (excludes halogenated alkanes) is 1. The molecule has 1 rings (SSSR count). The number of ether oxygens (including phenoxy) is 2. The highest BCUT2D eigenvalue weighted by atomic mass is 127. The van der Waals surface area contributed by atoms with Crippen molar-refractivity contribution in [3.05, 3.63) is 0 Å². The van der Waals surface area contributed by atoms with Gasteiger partial charge < -0.3 is 25.0 Å². The van der Waals surface area contributed by atoms with Gasteiger partial charge in [0.25, 0.3) is 0 Å². The number of nitrogens with one attached hydrogen (secondary N) is 2. The van der Waals surface area contributed by atoms with Crippen molar-refractivity contribution in [2.75, 3.05) is 46.9 Å². The van der Waals surface area contributed by atoms with Gasteiger partial charge in [0.2, 0.25) is 5.91 Å². The molecule has 0 aromatic heterocycles. The number of carbonyl (C=O) groups is 1. The first-order valence-corrected chi connectivity index (χ1v) is 7.97. The molecule has 0 aliphatic carbocycles. The van der Waals surface area contributed by atoms with Gasteiger partial charge in [-0.3, -0.25) is 4.79 Å². The molecule has 2 N–H and O–H groups in total. The highest BCUT2D eigenvalue weighted by molar-refractivity contribution is 14.0. The van der Waals surface area contributed by atoms with E-state index in [0.717, 1.165) is 25.8 Å². The van der Waals surface area contributed by atoms with Gasteiger partial charge in [0.05, 0.1) is 13.2 Å². The average Bonchev–Trinajstić information content (AvgIpc) is 2.90. The van der Waals surface area contributed by atoms with Gasteiger partial charge in [-0.1, -0.05) is 13.3 Å². The highest BCUT2D eigenvalue weighted by Crippen LogP contribution is 2.21. The number of hydrogen-bond acceptors (Lipinski definition) is 4. The third kappa shape index (κ3) is 9.31. The van der Waals surface area contributed by atoms with Crippen molar-refractivity contribution in [3.8, 4) is 0 Å². The van der Waals surface area contributed by atoms with Crippen LogP contribution in [0.1, 0.15) is 33.1 Å². The van der Waals surface area contributed by atoms with Gasteiger partial charge >= 0.3 is 0 Å². The zero-order valence-electron chi connectivity index (χ0n) is 14.7. The Hall–Kier alpha value is -0.610. The molecule has 0 bridgehead atoms. The minimum Gasteiger partial charge on any atom is -0.356 e. The SMILES string of the molecule is CCCCNC(=NCC(=O)N(C)C)NCCC1(C)OCCO1.I. The Labute approximate surface area is 156 Å². The lowest BCUT2D eigenvalue weighted by Crippen LogP contribution is -2.41. The van der Waals surface area contributed by atoms with Crippen molar-refractivity contribution in [3.63, 3.8) is 0 Å². The normalized spacial score (nSPS) is 16.6. The second-order valence-electron chi connectivity index (χ2n) is 5.74. The van der Waals surface area contributed by atoms with Crippen LogP contribution in [-0.2, 0) is 14.3 Å². The Morgan fingerprint density at radius 1 is 1.22 bits per heavy atom. The Morgan fingerprint density at radius 2 is 1.83 bits per heavy atom. The third-order valence-electron chi connectivity index (χ3n) is 3.46. The Kier molecular flexibility index (Phi) is 11.5. The lowest BCUT2D eigenvalue weighted by molar-refractivity contribution is -0.145. The van der Waals surface area contributed by atoms with E-state index < -0.39 is 5.79 Å². The number of likely N-dealkylation sites (N-methyl/N-ethyl adjacent to an activating group) is 1. The van der Waals surface area contributed by atoms with Crippen LogP contribution in [0.15, 0.2) is 4.99 Å². The number of hydrogen-bond donors (Lipinski definition) is 2. The van der Waals surface area contributed by atoms with Gasteiger partial charge in [-0.2, -0.15) is 0 Å². The number of aliphatic imine (C=N–C) groups is 1. The van der Waals surface area contributed by atoms with E-state index in [4.69, 9.17) is 9.47 Å². The second kappa shape index (κ2) is 11.9. The first kappa shape index (κ1) is 22.4. The molecule has 23 heavy (non-hydrogen) atoms. The molecule has 7 nitrogen and oxygen atoms in total. The molecular weight excluding hydrogens is 411 g/mol. The number of guanidine groups is 1. The zero-order valence-corrected chi connectivity index (χ0v) is 17.0. The molecule has 8 heteroatoms. The molecular formula is C15H31IN4O3. The van der Waals surface area contributed by atoms with Crippen molar-refractivity contribution in [2.24, 2.45) is 4.99 Å². The van der Waals surface area contributed by atoms with Crippen LogP contribution in [-0.4, -0.2) is 69.5 Å². The Morgan fingerprint density at radius 3 is 2.39 bits per heavy atom. The predicted octanol–water partition coefficient (Wildman–Crippen LogP) is 1.18. The zero-order chi connectivity index (χ0) is 16.4. The van der Waals surface area contributed by atoms with Crippen molar-refractivity contribution in [1.82, 2.24) is 15.5 Å². The molecule has 0 radical (unpaired) electrons. The topological polar surface area (TPSA) is 75.2 Å². The largest absolute Gasteiger partial charge is 0.356 e. The standard InChI is InChI=1S/C15H30N4O3.HI/c1-5-6-8-16-14(18-12-13(20)19(3)4)17-9-7-15(2)21-10-11-22-15;/h5-12H2,1-4H3,(H2,16,17,18);1H. The van der Waals surface area contributed by atoms with Crippen LogP contribution in [0.2, 0.25) is 0 Å². The van der Waals surface area contributed by atoms with Gasteiger partial charge in [-0.05, 0) is 13.3 Å². The number of rotatable bonds is 8. The van der Waals surface area contributed by atoms with Crippen LogP contribution in [0.25, 0.3) is 0 Å². The first-order chi connectivity index (χ1) is 10.5. The van der Waals surface area contributed by atoms with Crippen molar-refractivity contribution in [2.45, 2.75) is 38.9 Å². The molecule has 1 amide bonds. The molecule has 1 fully saturated rings. The van der Waals surface area contributed by atoms with Gasteiger partial charge in [0.1, 0.15) is 6.54 Å². The van der Waals surface area contributed by atoms with Crippen LogP contribution in [0, 0.1) is 0 Å². The molecule has 0 aromatic rings. The number of amides is 1. The fourth-order valence-electron chi connectivity index (χ4n) is 1.96. The summed E-state index contributed by atoms with van der Waals surface area (Å²) in [5.74, 6) is 0.123. The van der Waals surface area contributed by atoms with Crippen LogP contribution < -0.4 is 10.6 Å². The summed E-state index contributed by atoms with van der Waals surface area (Å²) in [6.07, 6.45) is 2.89. The maximum absolute atomic E-state index is 11.6. The fraction of sp³-hybridized carbons (Fsp3) is 0.867. The van der Waals surface area contributed by atoms with E-state index >= 15 is 0 Å². The fourth-order valence-corrected chi connectivity index (χ4v) is 1.96. The third-order valence-corrected chi connectivity index (χ3v) is 3.46. The number of halogens is 1. The van der Waals surface area contributed by atoms with E-state index in [1.807, 2.05) is 6.92 Å². The van der Waals surface area contributed by atoms with E-state index in [-0.39, 0.29) is 36.4 Å². The minimum atomic E-state index is -0.513. The summed E-state index contributed by atoms with van der Waals surface area (Å²) < 4.78 is 11.1. The first-order valence-electron chi connectivity index (χ1n) is 7.97. The van der Waals surface area contributed by atoms with Gasteiger partial charge in [-0.25, -0.2) is 4.99 Å². The Balaban J connectivity index is 0.00000484. The summed E-state index contributed by atoms with van der Waals surface area (Å²) >= 11 is 0.